The van der Waals surface area contributed by atoms with Gasteiger partial charge in [-0.3, -0.25) is 14.8 Å². The second kappa shape index (κ2) is 6.42. The topological polar surface area (TPSA) is 74.6 Å². The summed E-state index contributed by atoms with van der Waals surface area (Å²) in [6.07, 6.45) is 0.665. The molecule has 1 aliphatic rings. The third-order valence-electron chi connectivity index (χ3n) is 4.74. The van der Waals surface area contributed by atoms with Crippen molar-refractivity contribution >= 4 is 45.7 Å². The number of hydroxylamine groups is 1. The molecule has 1 aliphatic heterocycles. The maximum atomic E-state index is 13.1. The van der Waals surface area contributed by atoms with Crippen LogP contribution in [-0.2, 0) is 20.0 Å². The summed E-state index contributed by atoms with van der Waals surface area (Å²) in [5.74, 6) is -0.653. The van der Waals surface area contributed by atoms with E-state index < -0.39 is 5.91 Å². The average molecular weight is 390 g/mol. The number of thiophene rings is 1. The van der Waals surface area contributed by atoms with E-state index >= 15 is 0 Å². The van der Waals surface area contributed by atoms with Crippen molar-refractivity contribution in [1.29, 1.82) is 0 Å². The van der Waals surface area contributed by atoms with Crippen LogP contribution in [0.3, 0.4) is 0 Å². The highest BCUT2D eigenvalue weighted by molar-refractivity contribution is 7.14. The molecule has 0 radical (unpaired) electrons. The van der Waals surface area contributed by atoms with Crippen LogP contribution < -0.4 is 5.48 Å². The SMILES string of the molecule is Cn1c(C(=O)N2CCc3cc(C(=O)NO)sc3C2)c(Cl)c2ccccc21. The van der Waals surface area contributed by atoms with E-state index in [4.69, 9.17) is 16.8 Å². The van der Waals surface area contributed by atoms with E-state index in [1.165, 1.54) is 11.3 Å². The summed E-state index contributed by atoms with van der Waals surface area (Å²) in [6, 6.07) is 9.43. The average Bonchev–Trinajstić information content (AvgIpc) is 3.20. The first-order valence-corrected chi connectivity index (χ1v) is 9.29. The molecule has 0 spiro atoms. The molecule has 2 amide bonds. The summed E-state index contributed by atoms with van der Waals surface area (Å²) in [5, 5.41) is 10.1. The molecule has 0 saturated heterocycles. The Kier molecular flexibility index (Phi) is 4.22. The number of para-hydroxylation sites is 1. The van der Waals surface area contributed by atoms with Gasteiger partial charge in [-0.25, -0.2) is 5.48 Å². The number of halogens is 1. The molecule has 0 aliphatic carbocycles. The van der Waals surface area contributed by atoms with Gasteiger partial charge in [-0.15, -0.1) is 11.3 Å². The largest absolute Gasteiger partial charge is 0.338 e. The molecule has 4 rings (SSSR count). The maximum Gasteiger partial charge on any atom is 0.284 e. The van der Waals surface area contributed by atoms with Crippen LogP contribution >= 0.6 is 22.9 Å². The summed E-state index contributed by atoms with van der Waals surface area (Å²) in [5.41, 5.74) is 4.08. The lowest BCUT2D eigenvalue weighted by Crippen LogP contribution is -2.36. The van der Waals surface area contributed by atoms with Crippen molar-refractivity contribution in [2.75, 3.05) is 6.54 Å². The number of nitrogens with one attached hydrogen (secondary N) is 1. The van der Waals surface area contributed by atoms with Crippen LogP contribution in [0.15, 0.2) is 30.3 Å². The molecule has 0 bridgehead atoms. The van der Waals surface area contributed by atoms with Crippen molar-refractivity contribution < 1.29 is 14.8 Å². The van der Waals surface area contributed by atoms with Gasteiger partial charge in [0, 0.05) is 29.4 Å². The third-order valence-corrected chi connectivity index (χ3v) is 6.29. The summed E-state index contributed by atoms with van der Waals surface area (Å²) in [4.78, 5) is 27.9. The smallest absolute Gasteiger partial charge is 0.284 e. The van der Waals surface area contributed by atoms with Gasteiger partial charge in [-0.1, -0.05) is 29.8 Å². The quantitative estimate of drug-likeness (QED) is 0.522. The van der Waals surface area contributed by atoms with E-state index in [0.29, 0.717) is 35.1 Å². The Balaban J connectivity index is 1.66. The number of aromatic nitrogens is 1. The zero-order valence-corrected chi connectivity index (χ0v) is 15.5. The number of nitrogens with zero attached hydrogens (tertiary/aromatic N) is 2. The van der Waals surface area contributed by atoms with Crippen molar-refractivity contribution in [3.63, 3.8) is 0 Å². The third kappa shape index (κ3) is 2.59. The first-order chi connectivity index (χ1) is 12.5. The van der Waals surface area contributed by atoms with Crippen molar-refractivity contribution in [2.45, 2.75) is 13.0 Å². The number of aryl methyl sites for hydroxylation is 1. The highest BCUT2D eigenvalue weighted by Crippen LogP contribution is 2.33. The normalized spacial score (nSPS) is 13.7. The van der Waals surface area contributed by atoms with Gasteiger partial charge in [0.25, 0.3) is 11.8 Å². The molecule has 3 aromatic rings. The minimum Gasteiger partial charge on any atom is -0.338 e. The zero-order valence-electron chi connectivity index (χ0n) is 14.0. The predicted molar refractivity (Wildman–Crippen MR) is 99.9 cm³/mol. The Morgan fingerprint density at radius 3 is 2.81 bits per heavy atom. The van der Waals surface area contributed by atoms with Gasteiger partial charge >= 0.3 is 0 Å². The zero-order chi connectivity index (χ0) is 18.4. The summed E-state index contributed by atoms with van der Waals surface area (Å²) in [7, 11) is 1.84. The number of hydrogen-bond acceptors (Lipinski definition) is 4. The van der Waals surface area contributed by atoms with Crippen molar-refractivity contribution in [3.8, 4) is 0 Å². The van der Waals surface area contributed by atoms with Gasteiger partial charge in [-0.2, -0.15) is 0 Å². The minimum absolute atomic E-state index is 0.124. The Bertz CT molecular complexity index is 1000. The lowest BCUT2D eigenvalue weighted by atomic mass is 10.1. The lowest BCUT2D eigenvalue weighted by molar-refractivity contribution is 0.0708. The number of rotatable bonds is 2. The summed E-state index contributed by atoms with van der Waals surface area (Å²) >= 11 is 7.79. The van der Waals surface area contributed by atoms with Crippen LogP contribution in [0, 0.1) is 0 Å². The molecular formula is C18H16ClN3O3S. The number of carbonyl (C=O) groups is 2. The molecule has 0 saturated carbocycles. The molecule has 0 fully saturated rings. The first kappa shape index (κ1) is 17.1. The van der Waals surface area contributed by atoms with Crippen LogP contribution in [0.4, 0.5) is 0 Å². The standard InChI is InChI=1S/C18H16ClN3O3S/c1-21-12-5-3-2-4-11(12)15(19)16(21)18(24)22-7-6-10-8-13(17(23)20-25)26-14(10)9-22/h2-5,8,25H,6-7,9H2,1H3,(H,20,23). The number of benzene rings is 1. The Morgan fingerprint density at radius 1 is 1.31 bits per heavy atom. The molecule has 0 unspecified atom stereocenters. The second-order valence-corrected chi connectivity index (χ2v) is 7.73. The molecule has 2 N–H and O–H groups in total. The van der Waals surface area contributed by atoms with Crippen LogP contribution in [0.1, 0.15) is 30.6 Å². The maximum absolute atomic E-state index is 13.1. The molecule has 1 aromatic carbocycles. The molecule has 2 aromatic heterocycles. The molecular weight excluding hydrogens is 374 g/mol. The van der Waals surface area contributed by atoms with Gasteiger partial charge in [0.05, 0.1) is 16.4 Å². The Labute approximate surface area is 158 Å². The fourth-order valence-electron chi connectivity index (χ4n) is 3.39. The molecule has 134 valence electrons. The summed E-state index contributed by atoms with van der Waals surface area (Å²) in [6.45, 7) is 0.982. The highest BCUT2D eigenvalue weighted by atomic mass is 35.5. The summed E-state index contributed by atoms with van der Waals surface area (Å²) < 4.78 is 1.83. The predicted octanol–water partition coefficient (Wildman–Crippen LogP) is 3.21. The van der Waals surface area contributed by atoms with Gasteiger partial charge in [0.1, 0.15) is 5.69 Å². The molecule has 26 heavy (non-hydrogen) atoms. The lowest BCUT2D eigenvalue weighted by Gasteiger charge is -2.27. The van der Waals surface area contributed by atoms with Gasteiger partial charge < -0.3 is 9.47 Å². The molecule has 3 heterocycles. The number of hydrogen-bond donors (Lipinski definition) is 2. The van der Waals surface area contributed by atoms with Gasteiger partial charge in [0.15, 0.2) is 0 Å². The first-order valence-electron chi connectivity index (χ1n) is 8.09. The number of carbonyl (C=O) groups excluding carboxylic acids is 2. The monoisotopic (exact) mass is 389 g/mol. The Hall–Kier alpha value is -2.35. The van der Waals surface area contributed by atoms with E-state index in [9.17, 15) is 9.59 Å². The van der Waals surface area contributed by atoms with Crippen molar-refractivity contribution in [2.24, 2.45) is 7.05 Å². The molecule has 8 heteroatoms. The number of amides is 2. The molecule has 0 atom stereocenters. The van der Waals surface area contributed by atoms with Crippen LogP contribution in [-0.4, -0.2) is 33.0 Å². The van der Waals surface area contributed by atoms with Crippen LogP contribution in [0.5, 0.6) is 0 Å². The minimum atomic E-state index is -0.529. The fourth-order valence-corrected chi connectivity index (χ4v) is 4.88. The van der Waals surface area contributed by atoms with Crippen molar-refractivity contribution in [1.82, 2.24) is 14.9 Å². The van der Waals surface area contributed by atoms with E-state index in [0.717, 1.165) is 21.3 Å². The highest BCUT2D eigenvalue weighted by Gasteiger charge is 2.29. The van der Waals surface area contributed by atoms with E-state index in [1.807, 2.05) is 35.9 Å². The van der Waals surface area contributed by atoms with Crippen LogP contribution in [0.2, 0.25) is 5.02 Å². The van der Waals surface area contributed by atoms with E-state index in [2.05, 4.69) is 0 Å². The number of fused-ring (bicyclic) bond motifs is 2. The van der Waals surface area contributed by atoms with Gasteiger partial charge in [0.2, 0.25) is 0 Å². The Morgan fingerprint density at radius 2 is 2.08 bits per heavy atom. The van der Waals surface area contributed by atoms with Crippen molar-refractivity contribution in [3.05, 3.63) is 56.4 Å². The van der Waals surface area contributed by atoms with E-state index in [1.54, 1.807) is 16.4 Å². The van der Waals surface area contributed by atoms with E-state index in [-0.39, 0.29) is 5.91 Å². The fraction of sp³-hybridized carbons (Fsp3) is 0.222. The van der Waals surface area contributed by atoms with Gasteiger partial charge in [-0.05, 0) is 24.1 Å². The van der Waals surface area contributed by atoms with Crippen LogP contribution in [0.25, 0.3) is 10.9 Å². The molecule has 6 nitrogen and oxygen atoms in total. The second-order valence-electron chi connectivity index (χ2n) is 6.22.